The summed E-state index contributed by atoms with van der Waals surface area (Å²) in [5.41, 5.74) is 0. The highest BCUT2D eigenvalue weighted by Crippen LogP contribution is 2.18. The first-order chi connectivity index (χ1) is 8.29. The van der Waals surface area contributed by atoms with Gasteiger partial charge in [0.2, 0.25) is 5.91 Å². The molecular formula is C13H16N2O2. The SMILES string of the molecule is N#CC(Cc1ccco1)C(=O)NC1CCCC1. The van der Waals surface area contributed by atoms with Crippen LogP contribution >= 0.6 is 0 Å². The van der Waals surface area contributed by atoms with Gasteiger partial charge in [-0.05, 0) is 25.0 Å². The highest BCUT2D eigenvalue weighted by Gasteiger charge is 2.24. The third-order valence-electron chi connectivity index (χ3n) is 3.16. The van der Waals surface area contributed by atoms with Gasteiger partial charge < -0.3 is 9.73 Å². The molecule has 1 amide bonds. The Bertz CT molecular complexity index is 400. The van der Waals surface area contributed by atoms with Gasteiger partial charge >= 0.3 is 0 Å². The maximum absolute atomic E-state index is 11.9. The van der Waals surface area contributed by atoms with E-state index >= 15 is 0 Å². The molecule has 4 heteroatoms. The zero-order chi connectivity index (χ0) is 12.1. The summed E-state index contributed by atoms with van der Waals surface area (Å²) in [5, 5.41) is 12.0. The molecule has 1 aromatic heterocycles. The number of nitrogens with one attached hydrogen (secondary N) is 1. The Morgan fingerprint density at radius 2 is 2.35 bits per heavy atom. The fourth-order valence-electron chi connectivity index (χ4n) is 2.20. The zero-order valence-electron chi connectivity index (χ0n) is 9.69. The van der Waals surface area contributed by atoms with E-state index in [9.17, 15) is 4.79 Å². The van der Waals surface area contributed by atoms with E-state index in [1.54, 1.807) is 18.4 Å². The topological polar surface area (TPSA) is 66.0 Å². The molecule has 1 saturated carbocycles. The number of nitrogens with zero attached hydrogens (tertiary/aromatic N) is 1. The van der Waals surface area contributed by atoms with Crippen molar-refractivity contribution >= 4 is 5.91 Å². The summed E-state index contributed by atoms with van der Waals surface area (Å²) >= 11 is 0. The van der Waals surface area contributed by atoms with Gasteiger partial charge in [0.25, 0.3) is 0 Å². The summed E-state index contributed by atoms with van der Waals surface area (Å²) in [7, 11) is 0. The monoisotopic (exact) mass is 232 g/mol. The van der Waals surface area contributed by atoms with Crippen molar-refractivity contribution in [3.05, 3.63) is 24.2 Å². The van der Waals surface area contributed by atoms with E-state index in [1.165, 1.54) is 12.8 Å². The molecule has 4 nitrogen and oxygen atoms in total. The molecule has 1 aliphatic carbocycles. The molecule has 0 radical (unpaired) electrons. The Balaban J connectivity index is 1.89. The summed E-state index contributed by atoms with van der Waals surface area (Å²) in [6.07, 6.45) is 6.30. The fourth-order valence-corrected chi connectivity index (χ4v) is 2.20. The minimum Gasteiger partial charge on any atom is -0.469 e. The van der Waals surface area contributed by atoms with Crippen LogP contribution in [-0.2, 0) is 11.2 Å². The molecular weight excluding hydrogens is 216 g/mol. The lowest BCUT2D eigenvalue weighted by molar-refractivity contribution is -0.124. The number of hydrogen-bond acceptors (Lipinski definition) is 3. The van der Waals surface area contributed by atoms with Crippen LogP contribution in [0.15, 0.2) is 22.8 Å². The molecule has 90 valence electrons. The maximum Gasteiger partial charge on any atom is 0.238 e. The van der Waals surface area contributed by atoms with Gasteiger partial charge in [0.1, 0.15) is 11.7 Å². The number of hydrogen-bond donors (Lipinski definition) is 1. The molecule has 1 unspecified atom stereocenters. The molecule has 1 heterocycles. The van der Waals surface area contributed by atoms with Crippen molar-refractivity contribution < 1.29 is 9.21 Å². The van der Waals surface area contributed by atoms with Crippen molar-refractivity contribution in [1.29, 1.82) is 5.26 Å². The van der Waals surface area contributed by atoms with Gasteiger partial charge in [-0.15, -0.1) is 0 Å². The van der Waals surface area contributed by atoms with Gasteiger partial charge in [-0.25, -0.2) is 0 Å². The van der Waals surface area contributed by atoms with Crippen molar-refractivity contribution in [2.75, 3.05) is 0 Å². The lowest BCUT2D eigenvalue weighted by Gasteiger charge is -2.14. The van der Waals surface area contributed by atoms with Crippen LogP contribution in [0, 0.1) is 17.2 Å². The molecule has 1 aromatic rings. The summed E-state index contributed by atoms with van der Waals surface area (Å²) in [4.78, 5) is 11.9. The molecule has 0 spiro atoms. The van der Waals surface area contributed by atoms with Crippen molar-refractivity contribution in [1.82, 2.24) is 5.32 Å². The van der Waals surface area contributed by atoms with Crippen molar-refractivity contribution in [2.24, 2.45) is 5.92 Å². The molecule has 2 rings (SSSR count). The number of amides is 1. The van der Waals surface area contributed by atoms with Gasteiger partial charge in [0.05, 0.1) is 12.3 Å². The molecule has 17 heavy (non-hydrogen) atoms. The molecule has 0 saturated heterocycles. The highest BCUT2D eigenvalue weighted by molar-refractivity contribution is 5.81. The first-order valence-corrected chi connectivity index (χ1v) is 6.02. The van der Waals surface area contributed by atoms with E-state index in [2.05, 4.69) is 5.32 Å². The first-order valence-electron chi connectivity index (χ1n) is 6.02. The van der Waals surface area contributed by atoms with Crippen LogP contribution in [-0.4, -0.2) is 11.9 Å². The summed E-state index contributed by atoms with van der Waals surface area (Å²) in [6.45, 7) is 0. The predicted octanol–water partition coefficient (Wildman–Crippen LogP) is 2.02. The maximum atomic E-state index is 11.9. The smallest absolute Gasteiger partial charge is 0.238 e. The van der Waals surface area contributed by atoms with Gasteiger partial charge in [-0.1, -0.05) is 12.8 Å². The third kappa shape index (κ3) is 3.10. The third-order valence-corrected chi connectivity index (χ3v) is 3.16. The molecule has 1 N–H and O–H groups in total. The Morgan fingerprint density at radius 1 is 1.59 bits per heavy atom. The highest BCUT2D eigenvalue weighted by atomic mass is 16.3. The number of furan rings is 1. The quantitative estimate of drug-likeness (QED) is 0.863. The molecule has 1 fully saturated rings. The van der Waals surface area contributed by atoms with Gasteiger partial charge in [0.15, 0.2) is 0 Å². The first kappa shape index (κ1) is 11.7. The van der Waals surface area contributed by atoms with Gasteiger partial charge in [-0.2, -0.15) is 5.26 Å². The average Bonchev–Trinajstić information content (AvgIpc) is 2.97. The second kappa shape index (κ2) is 5.53. The summed E-state index contributed by atoms with van der Waals surface area (Å²) in [6, 6.07) is 5.85. The fraction of sp³-hybridized carbons (Fsp3) is 0.538. The number of carbonyl (C=O) groups is 1. The molecule has 0 aliphatic heterocycles. The minimum atomic E-state index is -0.651. The van der Waals surface area contributed by atoms with Crippen LogP contribution in [0.25, 0.3) is 0 Å². The second-order valence-corrected chi connectivity index (χ2v) is 4.46. The minimum absolute atomic E-state index is 0.171. The number of carbonyl (C=O) groups excluding carboxylic acids is 1. The molecule has 1 atom stereocenters. The van der Waals surface area contributed by atoms with Crippen LogP contribution in [0.4, 0.5) is 0 Å². The Kier molecular flexibility index (Phi) is 3.81. The van der Waals surface area contributed by atoms with Crippen molar-refractivity contribution in [2.45, 2.75) is 38.1 Å². The van der Waals surface area contributed by atoms with Crippen LogP contribution in [0.3, 0.4) is 0 Å². The van der Waals surface area contributed by atoms with E-state index in [1.807, 2.05) is 6.07 Å². The summed E-state index contributed by atoms with van der Waals surface area (Å²) < 4.78 is 5.15. The van der Waals surface area contributed by atoms with E-state index in [4.69, 9.17) is 9.68 Å². The van der Waals surface area contributed by atoms with Crippen LogP contribution in [0.2, 0.25) is 0 Å². The normalized spacial score (nSPS) is 17.6. The molecule has 0 aromatic carbocycles. The molecule has 0 bridgehead atoms. The lowest BCUT2D eigenvalue weighted by atomic mass is 10.0. The van der Waals surface area contributed by atoms with Gasteiger partial charge in [-0.3, -0.25) is 4.79 Å². The average molecular weight is 232 g/mol. The van der Waals surface area contributed by atoms with E-state index in [0.29, 0.717) is 12.2 Å². The largest absolute Gasteiger partial charge is 0.469 e. The molecule has 1 aliphatic rings. The Labute approximate surface area is 101 Å². The number of nitriles is 1. The van der Waals surface area contributed by atoms with E-state index in [0.717, 1.165) is 12.8 Å². The van der Waals surface area contributed by atoms with Gasteiger partial charge in [0, 0.05) is 12.5 Å². The van der Waals surface area contributed by atoms with E-state index < -0.39 is 5.92 Å². The van der Waals surface area contributed by atoms with E-state index in [-0.39, 0.29) is 11.9 Å². The van der Waals surface area contributed by atoms with Crippen LogP contribution in [0.1, 0.15) is 31.4 Å². The van der Waals surface area contributed by atoms with Crippen LogP contribution < -0.4 is 5.32 Å². The van der Waals surface area contributed by atoms with Crippen molar-refractivity contribution in [3.8, 4) is 6.07 Å². The lowest BCUT2D eigenvalue weighted by Crippen LogP contribution is -2.37. The zero-order valence-corrected chi connectivity index (χ0v) is 9.69. The van der Waals surface area contributed by atoms with Crippen LogP contribution in [0.5, 0.6) is 0 Å². The Hall–Kier alpha value is -1.76. The second-order valence-electron chi connectivity index (χ2n) is 4.46. The Morgan fingerprint density at radius 3 is 2.94 bits per heavy atom. The number of rotatable bonds is 4. The van der Waals surface area contributed by atoms with Crippen molar-refractivity contribution in [3.63, 3.8) is 0 Å². The standard InChI is InChI=1S/C13H16N2O2/c14-9-10(8-12-6-3-7-17-12)13(16)15-11-4-1-2-5-11/h3,6-7,10-11H,1-2,4-5,8H2,(H,15,16). The predicted molar refractivity (Wildman–Crippen MR) is 61.9 cm³/mol. The summed E-state index contributed by atoms with van der Waals surface area (Å²) in [5.74, 6) is -0.143.